The van der Waals surface area contributed by atoms with Gasteiger partial charge in [-0.15, -0.1) is 0 Å². The summed E-state index contributed by atoms with van der Waals surface area (Å²) >= 11 is 0. The molecule has 1 saturated heterocycles. The fourth-order valence-electron chi connectivity index (χ4n) is 3.84. The van der Waals surface area contributed by atoms with Gasteiger partial charge in [0.25, 0.3) is 0 Å². The van der Waals surface area contributed by atoms with Crippen molar-refractivity contribution >= 4 is 23.9 Å². The highest BCUT2D eigenvalue weighted by atomic mass is 16.6. The fourth-order valence-corrected chi connectivity index (χ4v) is 3.84. The number of hydrogen-bond donors (Lipinski definition) is 1. The highest BCUT2D eigenvalue weighted by molar-refractivity contribution is 5.93. The van der Waals surface area contributed by atoms with E-state index in [9.17, 15) is 24.3 Å². The van der Waals surface area contributed by atoms with E-state index in [1.54, 1.807) is 26.8 Å². The van der Waals surface area contributed by atoms with Crippen molar-refractivity contribution in [1.82, 2.24) is 0 Å². The minimum Gasteiger partial charge on any atom is -0.461 e. The topological polar surface area (TPSA) is 125 Å². The Kier molecular flexibility index (Phi) is 10.4. The molecule has 36 heavy (non-hydrogen) atoms. The summed E-state index contributed by atoms with van der Waals surface area (Å²) in [6.45, 7) is 11.3. The van der Waals surface area contributed by atoms with E-state index < -0.39 is 48.1 Å². The summed E-state index contributed by atoms with van der Waals surface area (Å²) < 4.78 is 21.4. The lowest BCUT2D eigenvalue weighted by Gasteiger charge is -2.28. The van der Waals surface area contributed by atoms with Gasteiger partial charge >= 0.3 is 23.9 Å². The summed E-state index contributed by atoms with van der Waals surface area (Å²) in [6, 6.07) is 0. The summed E-state index contributed by atoms with van der Waals surface area (Å²) in [5.74, 6) is -3.22. The number of allylic oxidation sites excluding steroid dienone is 2. The Hall–Kier alpha value is -3.46. The Morgan fingerprint density at radius 3 is 2.33 bits per heavy atom. The molecule has 2 aliphatic rings. The molecule has 0 radical (unpaired) electrons. The maximum atomic E-state index is 13.1. The highest BCUT2D eigenvalue weighted by Gasteiger charge is 2.44. The molecule has 9 heteroatoms. The average molecular weight is 503 g/mol. The van der Waals surface area contributed by atoms with Crippen LogP contribution in [-0.2, 0) is 38.1 Å². The van der Waals surface area contributed by atoms with E-state index in [-0.39, 0.29) is 29.9 Å². The molecule has 1 fully saturated rings. The molecule has 1 heterocycles. The van der Waals surface area contributed by atoms with Crippen molar-refractivity contribution in [3.8, 4) is 0 Å². The van der Waals surface area contributed by atoms with Gasteiger partial charge in [-0.05, 0) is 45.8 Å². The van der Waals surface area contributed by atoms with Crippen LogP contribution < -0.4 is 0 Å². The van der Waals surface area contributed by atoms with Gasteiger partial charge in [0.2, 0.25) is 0 Å². The van der Waals surface area contributed by atoms with Crippen molar-refractivity contribution in [2.45, 2.75) is 65.8 Å². The van der Waals surface area contributed by atoms with E-state index in [0.29, 0.717) is 18.4 Å². The molecule has 4 atom stereocenters. The van der Waals surface area contributed by atoms with E-state index in [0.717, 1.165) is 5.57 Å². The molecule has 9 nitrogen and oxygen atoms in total. The van der Waals surface area contributed by atoms with Gasteiger partial charge in [0.15, 0.2) is 0 Å². The zero-order valence-electron chi connectivity index (χ0n) is 21.4. The number of aliphatic hydroxyl groups excluding tert-OH is 1. The molecule has 0 aromatic rings. The molecule has 0 unspecified atom stereocenters. The SMILES string of the molecule is C=C1C(=O)O[C@@H]2/C=C(/C)[C@@H](O)C/C=C(\C)C[C@@H](OC(=O)/C(=C/C)COC(=O)/C(=C/C)COC(C)=O)[C@@H]12. The molecule has 1 N–H and O–H groups in total. The molecule has 0 aromatic heterocycles. The monoisotopic (exact) mass is 502 g/mol. The van der Waals surface area contributed by atoms with Crippen molar-refractivity contribution in [3.05, 3.63) is 58.7 Å². The van der Waals surface area contributed by atoms with E-state index in [2.05, 4.69) is 6.58 Å². The van der Waals surface area contributed by atoms with Gasteiger partial charge in [0.05, 0.1) is 23.2 Å². The quantitative estimate of drug-likeness (QED) is 0.242. The van der Waals surface area contributed by atoms with Gasteiger partial charge in [-0.1, -0.05) is 30.4 Å². The third-order valence-corrected chi connectivity index (χ3v) is 6.10. The number of carbonyl (C=O) groups is 4. The Balaban J connectivity index is 2.19. The van der Waals surface area contributed by atoms with E-state index in [1.807, 2.05) is 13.0 Å². The van der Waals surface area contributed by atoms with Crippen LogP contribution in [0.5, 0.6) is 0 Å². The molecule has 0 saturated carbocycles. The second kappa shape index (κ2) is 13.0. The predicted molar refractivity (Wildman–Crippen MR) is 130 cm³/mol. The van der Waals surface area contributed by atoms with Crippen LogP contribution in [-0.4, -0.2) is 60.5 Å². The standard InChI is InChI=1S/C27H34O9/c1-7-19(13-33-18(6)28)26(31)34-14-20(8-2)27(32)36-22-11-15(3)9-10-21(29)16(4)12-23-24(22)17(5)25(30)35-23/h7-9,12,21-24,29H,5,10-11,13-14H2,1-4,6H3/b15-9+,16-12-,19-7+,20-8+/t21-,22+,23+,24+/m0/s1. The van der Waals surface area contributed by atoms with Crippen LogP contribution in [0.15, 0.2) is 58.7 Å². The molecule has 1 aliphatic carbocycles. The Bertz CT molecular complexity index is 1030. The number of esters is 4. The average Bonchev–Trinajstić information content (AvgIpc) is 3.09. The number of aliphatic hydroxyl groups is 1. The lowest BCUT2D eigenvalue weighted by atomic mass is 9.85. The van der Waals surface area contributed by atoms with Gasteiger partial charge in [-0.3, -0.25) is 4.79 Å². The number of ether oxygens (including phenoxy) is 4. The van der Waals surface area contributed by atoms with Gasteiger partial charge in [0.1, 0.15) is 25.4 Å². The van der Waals surface area contributed by atoms with E-state index in [1.165, 1.54) is 19.1 Å². The summed E-state index contributed by atoms with van der Waals surface area (Å²) in [5, 5.41) is 10.4. The van der Waals surface area contributed by atoms with Crippen LogP contribution in [0.3, 0.4) is 0 Å². The zero-order chi connectivity index (χ0) is 27.0. The van der Waals surface area contributed by atoms with Crippen molar-refractivity contribution < 1.29 is 43.2 Å². The third kappa shape index (κ3) is 7.52. The molecular formula is C27H34O9. The second-order valence-electron chi connectivity index (χ2n) is 8.77. The molecule has 1 aliphatic heterocycles. The molecule has 0 amide bonds. The van der Waals surface area contributed by atoms with Gasteiger partial charge in [0, 0.05) is 18.9 Å². The van der Waals surface area contributed by atoms with Crippen LogP contribution >= 0.6 is 0 Å². The Morgan fingerprint density at radius 1 is 1.11 bits per heavy atom. The van der Waals surface area contributed by atoms with E-state index in [4.69, 9.17) is 18.9 Å². The first-order valence-electron chi connectivity index (χ1n) is 11.7. The van der Waals surface area contributed by atoms with Gasteiger partial charge in [-0.25, -0.2) is 14.4 Å². The minimum atomic E-state index is -0.780. The maximum absolute atomic E-state index is 13.1. The summed E-state index contributed by atoms with van der Waals surface area (Å²) in [5.41, 5.74) is 1.91. The number of rotatable bonds is 7. The molecule has 2 rings (SSSR count). The molecule has 0 spiro atoms. The minimum absolute atomic E-state index is 0.0968. The fraction of sp³-hybridized carbons (Fsp3) is 0.481. The van der Waals surface area contributed by atoms with E-state index >= 15 is 0 Å². The lowest BCUT2D eigenvalue weighted by Crippen LogP contribution is -2.34. The molecular weight excluding hydrogens is 468 g/mol. The lowest BCUT2D eigenvalue weighted by molar-refractivity contribution is -0.148. The largest absolute Gasteiger partial charge is 0.461 e. The predicted octanol–water partition coefficient (Wildman–Crippen LogP) is 3.04. The van der Waals surface area contributed by atoms with Crippen LogP contribution in [0.2, 0.25) is 0 Å². The first-order chi connectivity index (χ1) is 17.0. The van der Waals surface area contributed by atoms with Crippen LogP contribution in [0.4, 0.5) is 0 Å². The third-order valence-electron chi connectivity index (χ3n) is 6.10. The van der Waals surface area contributed by atoms with Crippen molar-refractivity contribution in [3.63, 3.8) is 0 Å². The highest BCUT2D eigenvalue weighted by Crippen LogP contribution is 2.36. The zero-order valence-corrected chi connectivity index (χ0v) is 21.4. The molecule has 0 aromatic carbocycles. The van der Waals surface area contributed by atoms with Crippen LogP contribution in [0, 0.1) is 5.92 Å². The number of fused-ring (bicyclic) bond motifs is 1. The Morgan fingerprint density at radius 2 is 1.72 bits per heavy atom. The van der Waals surface area contributed by atoms with Gasteiger partial charge in [-0.2, -0.15) is 0 Å². The summed E-state index contributed by atoms with van der Waals surface area (Å²) in [7, 11) is 0. The maximum Gasteiger partial charge on any atom is 0.337 e. The first-order valence-corrected chi connectivity index (χ1v) is 11.7. The normalized spacial score (nSPS) is 28.1. The number of hydrogen-bond acceptors (Lipinski definition) is 9. The van der Waals surface area contributed by atoms with Gasteiger partial charge < -0.3 is 24.1 Å². The Labute approximate surface area is 211 Å². The van der Waals surface area contributed by atoms with Crippen molar-refractivity contribution in [1.29, 1.82) is 0 Å². The number of carbonyl (C=O) groups excluding carboxylic acids is 4. The van der Waals surface area contributed by atoms with Crippen molar-refractivity contribution in [2.24, 2.45) is 5.92 Å². The smallest absolute Gasteiger partial charge is 0.337 e. The summed E-state index contributed by atoms with van der Waals surface area (Å²) in [4.78, 5) is 48.7. The first kappa shape index (κ1) is 28.8. The summed E-state index contributed by atoms with van der Waals surface area (Å²) in [6.07, 6.45) is 4.89. The molecule has 0 bridgehead atoms. The molecule has 196 valence electrons. The van der Waals surface area contributed by atoms with Crippen LogP contribution in [0.25, 0.3) is 0 Å². The second-order valence-corrected chi connectivity index (χ2v) is 8.77. The van der Waals surface area contributed by atoms with Crippen molar-refractivity contribution in [2.75, 3.05) is 13.2 Å². The van der Waals surface area contributed by atoms with Crippen LogP contribution in [0.1, 0.15) is 47.5 Å².